The van der Waals surface area contributed by atoms with E-state index in [1.807, 2.05) is 12.3 Å². The standard InChI is InChI=1S/C14H18BrN3O/c1-10(17-6-5-12-8-16-9-18-12)11-3-4-14(19-2)13(15)7-11/h3-4,7-10,17H,5-6H2,1-2H3,(H,16,18). The van der Waals surface area contributed by atoms with E-state index in [1.165, 1.54) is 5.56 Å². The summed E-state index contributed by atoms with van der Waals surface area (Å²) in [5, 5.41) is 3.49. The number of hydrogen-bond acceptors (Lipinski definition) is 3. The number of imidazole rings is 1. The zero-order valence-corrected chi connectivity index (χ0v) is 12.7. The molecule has 1 unspecified atom stereocenters. The maximum Gasteiger partial charge on any atom is 0.133 e. The molecule has 0 aliphatic heterocycles. The van der Waals surface area contributed by atoms with Crippen molar-refractivity contribution in [3.63, 3.8) is 0 Å². The van der Waals surface area contributed by atoms with E-state index in [0.717, 1.165) is 28.9 Å². The Morgan fingerprint density at radius 2 is 2.32 bits per heavy atom. The Morgan fingerprint density at radius 1 is 1.47 bits per heavy atom. The first-order chi connectivity index (χ1) is 9.20. The summed E-state index contributed by atoms with van der Waals surface area (Å²) in [6.07, 6.45) is 4.51. The summed E-state index contributed by atoms with van der Waals surface area (Å²) >= 11 is 3.51. The van der Waals surface area contributed by atoms with Crippen LogP contribution in [0.25, 0.3) is 0 Å². The van der Waals surface area contributed by atoms with E-state index >= 15 is 0 Å². The van der Waals surface area contributed by atoms with Crippen molar-refractivity contribution in [1.29, 1.82) is 0 Å². The molecule has 2 N–H and O–H groups in total. The van der Waals surface area contributed by atoms with Crippen LogP contribution in [0.4, 0.5) is 0 Å². The number of hydrogen-bond donors (Lipinski definition) is 2. The van der Waals surface area contributed by atoms with Gasteiger partial charge in [0, 0.05) is 30.9 Å². The van der Waals surface area contributed by atoms with E-state index < -0.39 is 0 Å². The van der Waals surface area contributed by atoms with Crippen LogP contribution in [0, 0.1) is 0 Å². The van der Waals surface area contributed by atoms with Crippen molar-refractivity contribution in [3.8, 4) is 5.75 Å². The average molecular weight is 324 g/mol. The molecule has 0 aliphatic carbocycles. The Labute approximate surface area is 121 Å². The minimum atomic E-state index is 0.296. The number of aromatic nitrogens is 2. The Hall–Kier alpha value is -1.33. The highest BCUT2D eigenvalue weighted by atomic mass is 79.9. The first-order valence-corrected chi connectivity index (χ1v) is 7.04. The van der Waals surface area contributed by atoms with Gasteiger partial charge in [0.2, 0.25) is 0 Å². The van der Waals surface area contributed by atoms with Crippen LogP contribution in [0.3, 0.4) is 0 Å². The Kier molecular flexibility index (Phi) is 4.99. The molecule has 0 amide bonds. The molecule has 0 saturated carbocycles. The molecule has 0 bridgehead atoms. The zero-order valence-electron chi connectivity index (χ0n) is 11.1. The van der Waals surface area contributed by atoms with E-state index in [1.54, 1.807) is 13.4 Å². The summed E-state index contributed by atoms with van der Waals surface area (Å²) in [5.41, 5.74) is 2.38. The van der Waals surface area contributed by atoms with E-state index in [2.05, 4.69) is 50.3 Å². The van der Waals surface area contributed by atoms with Crippen molar-refractivity contribution in [3.05, 3.63) is 46.5 Å². The number of nitrogens with zero attached hydrogens (tertiary/aromatic N) is 1. The van der Waals surface area contributed by atoms with Crippen LogP contribution in [0.15, 0.2) is 35.2 Å². The normalized spacial score (nSPS) is 12.4. The molecule has 19 heavy (non-hydrogen) atoms. The van der Waals surface area contributed by atoms with Gasteiger partial charge in [0.05, 0.1) is 17.9 Å². The fraction of sp³-hybridized carbons (Fsp3) is 0.357. The van der Waals surface area contributed by atoms with Crippen molar-refractivity contribution in [2.24, 2.45) is 0 Å². The van der Waals surface area contributed by atoms with Crippen molar-refractivity contribution in [1.82, 2.24) is 15.3 Å². The van der Waals surface area contributed by atoms with Crippen molar-refractivity contribution in [2.75, 3.05) is 13.7 Å². The summed E-state index contributed by atoms with van der Waals surface area (Å²) in [6, 6.07) is 6.45. The lowest BCUT2D eigenvalue weighted by Crippen LogP contribution is -2.21. The molecule has 0 aliphatic rings. The quantitative estimate of drug-likeness (QED) is 0.858. The molecule has 0 fully saturated rings. The van der Waals surface area contributed by atoms with Crippen LogP contribution in [0.1, 0.15) is 24.2 Å². The van der Waals surface area contributed by atoms with Gasteiger partial charge in [0.15, 0.2) is 0 Å². The van der Waals surface area contributed by atoms with E-state index in [0.29, 0.717) is 6.04 Å². The third-order valence-corrected chi connectivity index (χ3v) is 3.70. The van der Waals surface area contributed by atoms with Crippen LogP contribution in [0.5, 0.6) is 5.75 Å². The van der Waals surface area contributed by atoms with Gasteiger partial charge in [-0.2, -0.15) is 0 Å². The minimum Gasteiger partial charge on any atom is -0.496 e. The first kappa shape index (κ1) is 14.1. The molecule has 102 valence electrons. The highest BCUT2D eigenvalue weighted by Crippen LogP contribution is 2.27. The summed E-state index contributed by atoms with van der Waals surface area (Å²) in [4.78, 5) is 7.11. The third kappa shape index (κ3) is 3.81. The fourth-order valence-corrected chi connectivity index (χ4v) is 2.47. The molecule has 1 heterocycles. The predicted octanol–water partition coefficient (Wildman–Crippen LogP) is 3.07. The fourth-order valence-electron chi connectivity index (χ4n) is 1.91. The molecule has 1 aromatic heterocycles. The lowest BCUT2D eigenvalue weighted by Gasteiger charge is -2.15. The Bertz CT molecular complexity index is 513. The third-order valence-electron chi connectivity index (χ3n) is 3.08. The molecular weight excluding hydrogens is 306 g/mol. The van der Waals surface area contributed by atoms with Gasteiger partial charge < -0.3 is 15.0 Å². The van der Waals surface area contributed by atoms with Crippen molar-refractivity contribution in [2.45, 2.75) is 19.4 Å². The predicted molar refractivity (Wildman–Crippen MR) is 79.4 cm³/mol. The van der Waals surface area contributed by atoms with Gasteiger partial charge in [-0.15, -0.1) is 0 Å². The molecule has 2 aromatic rings. The molecule has 0 radical (unpaired) electrons. The van der Waals surface area contributed by atoms with Crippen LogP contribution < -0.4 is 10.1 Å². The summed E-state index contributed by atoms with van der Waals surface area (Å²) in [5.74, 6) is 0.855. The number of methoxy groups -OCH3 is 1. The van der Waals surface area contributed by atoms with Crippen LogP contribution in [-0.4, -0.2) is 23.6 Å². The second-order valence-corrected chi connectivity index (χ2v) is 5.25. The smallest absolute Gasteiger partial charge is 0.133 e. The molecule has 0 spiro atoms. The molecule has 5 heteroatoms. The molecule has 0 saturated heterocycles. The van der Waals surface area contributed by atoms with Gasteiger partial charge in [-0.25, -0.2) is 4.98 Å². The Balaban J connectivity index is 1.88. The summed E-state index contributed by atoms with van der Waals surface area (Å²) in [6.45, 7) is 3.06. The minimum absolute atomic E-state index is 0.296. The summed E-state index contributed by atoms with van der Waals surface area (Å²) in [7, 11) is 1.67. The van der Waals surface area contributed by atoms with Gasteiger partial charge >= 0.3 is 0 Å². The second-order valence-electron chi connectivity index (χ2n) is 4.40. The number of ether oxygens (including phenoxy) is 1. The van der Waals surface area contributed by atoms with Crippen molar-refractivity contribution < 1.29 is 4.74 Å². The lowest BCUT2D eigenvalue weighted by molar-refractivity contribution is 0.411. The number of halogens is 1. The van der Waals surface area contributed by atoms with Gasteiger partial charge in [-0.05, 0) is 40.5 Å². The number of benzene rings is 1. The van der Waals surface area contributed by atoms with Crippen molar-refractivity contribution >= 4 is 15.9 Å². The largest absolute Gasteiger partial charge is 0.496 e. The van der Waals surface area contributed by atoms with Crippen LogP contribution >= 0.6 is 15.9 Å². The lowest BCUT2D eigenvalue weighted by atomic mass is 10.1. The number of aromatic amines is 1. The number of H-pyrrole nitrogens is 1. The molecule has 1 aromatic carbocycles. The summed E-state index contributed by atoms with van der Waals surface area (Å²) < 4.78 is 6.21. The van der Waals surface area contributed by atoms with Gasteiger partial charge in [0.1, 0.15) is 5.75 Å². The number of nitrogens with one attached hydrogen (secondary N) is 2. The monoisotopic (exact) mass is 323 g/mol. The van der Waals surface area contributed by atoms with Gasteiger partial charge in [-0.3, -0.25) is 0 Å². The second kappa shape index (κ2) is 6.73. The van der Waals surface area contributed by atoms with E-state index in [4.69, 9.17) is 4.74 Å². The highest BCUT2D eigenvalue weighted by Gasteiger charge is 2.08. The van der Waals surface area contributed by atoms with E-state index in [9.17, 15) is 0 Å². The zero-order chi connectivity index (χ0) is 13.7. The first-order valence-electron chi connectivity index (χ1n) is 6.24. The van der Waals surface area contributed by atoms with E-state index in [-0.39, 0.29) is 0 Å². The van der Waals surface area contributed by atoms with Crippen LogP contribution in [0.2, 0.25) is 0 Å². The molecule has 1 atom stereocenters. The van der Waals surface area contributed by atoms with Gasteiger partial charge in [0.25, 0.3) is 0 Å². The highest BCUT2D eigenvalue weighted by molar-refractivity contribution is 9.10. The maximum absolute atomic E-state index is 5.23. The average Bonchev–Trinajstić information content (AvgIpc) is 2.91. The molecule has 2 rings (SSSR count). The SMILES string of the molecule is COc1ccc(C(C)NCCc2cnc[nH]2)cc1Br. The molecule has 4 nitrogen and oxygen atoms in total. The number of rotatable bonds is 6. The van der Waals surface area contributed by atoms with Crippen LogP contribution in [-0.2, 0) is 6.42 Å². The topological polar surface area (TPSA) is 49.9 Å². The van der Waals surface area contributed by atoms with Gasteiger partial charge in [-0.1, -0.05) is 6.07 Å². The maximum atomic E-state index is 5.23. The molecular formula is C14H18BrN3O. The Morgan fingerprint density at radius 3 is 2.95 bits per heavy atom.